The molecule has 15 heteroatoms. The fourth-order valence-corrected chi connectivity index (χ4v) is 8.52. The summed E-state index contributed by atoms with van der Waals surface area (Å²) in [6.45, 7) is 4.20. The molecule has 5 heterocycles. The smallest absolute Gasteiger partial charge is 0.283 e. The number of fused-ring (bicyclic) bond motifs is 2. The number of nitrogens with one attached hydrogen (secondary N) is 1. The minimum atomic E-state index is -3.88. The number of benzene rings is 1. The van der Waals surface area contributed by atoms with E-state index < -0.39 is 16.1 Å². The zero-order valence-corrected chi connectivity index (χ0v) is 26.5. The molecule has 2 amide bonds. The third-order valence-corrected chi connectivity index (χ3v) is 11.1. The predicted molar refractivity (Wildman–Crippen MR) is 163 cm³/mol. The summed E-state index contributed by atoms with van der Waals surface area (Å²) in [6.07, 6.45) is 1.37. The molecule has 42 heavy (non-hydrogen) atoms. The average molecular weight is 658 g/mol. The number of likely N-dealkylation sites (N-methyl/N-ethyl adjacent to an activating group) is 1. The fourth-order valence-electron chi connectivity index (χ4n) is 5.71. The molecular weight excluding hydrogens is 623 g/mol. The standard InChI is InChI=1S/C27H33ClN6O5S2.ClH/c1-31-7-6-22-23(17-31)40-26(30-22)27(36)34-9-8-33(16-20(34)3-5-25(35)32-10-12-39-13-11-32)41(37,38)24-15-18-14-19(28)2-4-21(18)29-24;/h2,4,14-15,20,29H,3,5-13,16-17H2,1H3;1H. The molecule has 0 spiro atoms. The highest BCUT2D eigenvalue weighted by molar-refractivity contribution is 7.89. The lowest BCUT2D eigenvalue weighted by Crippen LogP contribution is -2.56. The molecule has 1 atom stereocenters. The van der Waals surface area contributed by atoms with Crippen molar-refractivity contribution in [1.82, 2.24) is 29.0 Å². The zero-order chi connectivity index (χ0) is 28.7. The van der Waals surface area contributed by atoms with Crippen molar-refractivity contribution in [2.75, 3.05) is 59.5 Å². The van der Waals surface area contributed by atoms with Crippen molar-refractivity contribution >= 4 is 68.1 Å². The van der Waals surface area contributed by atoms with Gasteiger partial charge in [-0.15, -0.1) is 23.7 Å². The van der Waals surface area contributed by atoms with Crippen LogP contribution in [0.2, 0.25) is 5.02 Å². The van der Waals surface area contributed by atoms with Crippen LogP contribution in [-0.2, 0) is 32.5 Å². The lowest BCUT2D eigenvalue weighted by molar-refractivity contribution is -0.135. The molecule has 2 aromatic heterocycles. The summed E-state index contributed by atoms with van der Waals surface area (Å²) in [4.78, 5) is 41.2. The van der Waals surface area contributed by atoms with Crippen molar-refractivity contribution in [2.24, 2.45) is 0 Å². The number of morpholine rings is 1. The molecule has 0 saturated carbocycles. The van der Waals surface area contributed by atoms with Gasteiger partial charge >= 0.3 is 0 Å². The Morgan fingerprint density at radius 2 is 1.93 bits per heavy atom. The molecule has 3 aliphatic heterocycles. The van der Waals surface area contributed by atoms with E-state index in [0.717, 1.165) is 30.1 Å². The summed E-state index contributed by atoms with van der Waals surface area (Å²) < 4.78 is 34.3. The maximum Gasteiger partial charge on any atom is 0.283 e. The third-order valence-electron chi connectivity index (χ3n) is 8.04. The third kappa shape index (κ3) is 6.33. The second-order valence-electron chi connectivity index (χ2n) is 10.8. The summed E-state index contributed by atoms with van der Waals surface area (Å²) in [6, 6.07) is 6.28. The van der Waals surface area contributed by atoms with E-state index in [0.29, 0.717) is 53.7 Å². The minimum Gasteiger partial charge on any atom is -0.378 e. The van der Waals surface area contributed by atoms with Crippen molar-refractivity contribution in [3.05, 3.63) is 44.9 Å². The van der Waals surface area contributed by atoms with Gasteiger partial charge in [0.05, 0.1) is 18.9 Å². The van der Waals surface area contributed by atoms with Crippen LogP contribution in [0.15, 0.2) is 29.3 Å². The van der Waals surface area contributed by atoms with Gasteiger partial charge in [0.25, 0.3) is 15.9 Å². The Kier molecular flexibility index (Phi) is 9.48. The van der Waals surface area contributed by atoms with E-state index >= 15 is 0 Å². The Hall–Kier alpha value is -2.26. The van der Waals surface area contributed by atoms with Gasteiger partial charge in [0.1, 0.15) is 5.03 Å². The molecule has 3 aromatic rings. The Morgan fingerprint density at radius 3 is 2.71 bits per heavy atom. The number of H-pyrrole nitrogens is 1. The van der Waals surface area contributed by atoms with Crippen LogP contribution >= 0.6 is 35.3 Å². The molecule has 6 rings (SSSR count). The SMILES string of the molecule is CN1CCc2nc(C(=O)N3CCN(S(=O)(=O)c4cc5cc(Cl)ccc5[nH]4)CC3CCC(=O)N3CCOCC3)sc2C1.Cl. The molecule has 1 unspecified atom stereocenters. The number of thiazole rings is 1. The van der Waals surface area contributed by atoms with Crippen molar-refractivity contribution in [1.29, 1.82) is 0 Å². The second kappa shape index (κ2) is 12.8. The number of aromatic nitrogens is 2. The summed E-state index contributed by atoms with van der Waals surface area (Å²) in [5.41, 5.74) is 1.64. The van der Waals surface area contributed by atoms with E-state index in [4.69, 9.17) is 16.3 Å². The van der Waals surface area contributed by atoms with Crippen molar-refractivity contribution in [3.63, 3.8) is 0 Å². The van der Waals surface area contributed by atoms with E-state index in [-0.39, 0.29) is 55.3 Å². The van der Waals surface area contributed by atoms with Gasteiger partial charge in [0.2, 0.25) is 5.91 Å². The van der Waals surface area contributed by atoms with Gasteiger partial charge in [-0.1, -0.05) is 11.6 Å². The van der Waals surface area contributed by atoms with Crippen LogP contribution in [0.4, 0.5) is 0 Å². The topological polar surface area (TPSA) is 119 Å². The summed E-state index contributed by atoms with van der Waals surface area (Å²) >= 11 is 7.52. The molecule has 11 nitrogen and oxygen atoms in total. The van der Waals surface area contributed by atoms with Gasteiger partial charge in [-0.05, 0) is 37.7 Å². The zero-order valence-electron chi connectivity index (χ0n) is 23.3. The van der Waals surface area contributed by atoms with Crippen LogP contribution < -0.4 is 0 Å². The minimum absolute atomic E-state index is 0. The summed E-state index contributed by atoms with van der Waals surface area (Å²) in [5.74, 6) is -0.214. The van der Waals surface area contributed by atoms with E-state index in [1.165, 1.54) is 15.6 Å². The number of sulfonamides is 1. The molecule has 1 aromatic carbocycles. The Labute approximate surface area is 260 Å². The van der Waals surface area contributed by atoms with Crippen LogP contribution in [-0.4, -0.2) is 115 Å². The first-order valence-electron chi connectivity index (χ1n) is 13.8. The van der Waals surface area contributed by atoms with Crippen molar-refractivity contribution < 1.29 is 22.7 Å². The molecule has 3 aliphatic rings. The lowest BCUT2D eigenvalue weighted by atomic mass is 10.1. The van der Waals surface area contributed by atoms with Gasteiger partial charge in [0, 0.05) is 85.5 Å². The maximum atomic E-state index is 13.8. The highest BCUT2D eigenvalue weighted by Gasteiger charge is 2.39. The number of hydrogen-bond donors (Lipinski definition) is 1. The van der Waals surface area contributed by atoms with Crippen LogP contribution in [0.25, 0.3) is 10.9 Å². The summed E-state index contributed by atoms with van der Waals surface area (Å²) in [7, 11) is -1.84. The number of hydrogen-bond acceptors (Lipinski definition) is 8. The largest absolute Gasteiger partial charge is 0.378 e. The number of carbonyl (C=O) groups is 2. The van der Waals surface area contributed by atoms with E-state index in [1.807, 2.05) is 7.05 Å². The van der Waals surface area contributed by atoms with Gasteiger partial charge < -0.3 is 24.4 Å². The fraction of sp³-hybridized carbons (Fsp3) is 0.519. The first-order valence-corrected chi connectivity index (χ1v) is 16.4. The number of rotatable bonds is 6. The monoisotopic (exact) mass is 656 g/mol. The van der Waals surface area contributed by atoms with E-state index in [2.05, 4.69) is 14.9 Å². The molecule has 228 valence electrons. The quantitative estimate of drug-likeness (QED) is 0.433. The normalized spacial score (nSPS) is 20.4. The molecule has 0 aliphatic carbocycles. The predicted octanol–water partition coefficient (Wildman–Crippen LogP) is 2.84. The van der Waals surface area contributed by atoms with Crippen molar-refractivity contribution in [2.45, 2.75) is 36.9 Å². The molecule has 0 radical (unpaired) electrons. The van der Waals surface area contributed by atoms with Gasteiger partial charge in [-0.25, -0.2) is 13.4 Å². The van der Waals surface area contributed by atoms with Crippen LogP contribution in [0.1, 0.15) is 33.2 Å². The Morgan fingerprint density at radius 1 is 1.14 bits per heavy atom. The summed E-state index contributed by atoms with van der Waals surface area (Å²) in [5, 5.41) is 1.73. The number of nitrogens with zero attached hydrogens (tertiary/aromatic N) is 5. The number of aromatic amines is 1. The Bertz CT molecular complexity index is 1570. The van der Waals surface area contributed by atoms with Crippen LogP contribution in [0, 0.1) is 0 Å². The van der Waals surface area contributed by atoms with Crippen LogP contribution in [0.5, 0.6) is 0 Å². The first-order chi connectivity index (χ1) is 19.7. The van der Waals surface area contributed by atoms with Gasteiger partial charge in [-0.2, -0.15) is 4.31 Å². The van der Waals surface area contributed by atoms with Gasteiger partial charge in [-0.3, -0.25) is 9.59 Å². The van der Waals surface area contributed by atoms with E-state index in [9.17, 15) is 18.0 Å². The molecule has 2 fully saturated rings. The highest BCUT2D eigenvalue weighted by Crippen LogP contribution is 2.30. The lowest BCUT2D eigenvalue weighted by Gasteiger charge is -2.40. The highest BCUT2D eigenvalue weighted by atomic mass is 35.5. The molecule has 2 saturated heterocycles. The number of carbonyl (C=O) groups excluding carboxylic acids is 2. The maximum absolute atomic E-state index is 13.8. The van der Waals surface area contributed by atoms with E-state index in [1.54, 1.807) is 34.1 Å². The Balaban J connectivity index is 0.00000353. The number of piperazine rings is 1. The molecule has 0 bridgehead atoms. The molecular formula is C27H34Cl2N6O5S2. The number of amides is 2. The molecule has 1 N–H and O–H groups in total. The van der Waals surface area contributed by atoms with Crippen LogP contribution in [0.3, 0.4) is 0 Å². The number of ether oxygens (including phenoxy) is 1. The van der Waals surface area contributed by atoms with Crippen molar-refractivity contribution in [3.8, 4) is 0 Å². The van der Waals surface area contributed by atoms with Gasteiger partial charge in [0.15, 0.2) is 5.01 Å². The second-order valence-corrected chi connectivity index (χ2v) is 14.2. The average Bonchev–Trinajstić information content (AvgIpc) is 3.60. The number of halogens is 2. The first kappa shape index (κ1) is 31.2.